The summed E-state index contributed by atoms with van der Waals surface area (Å²) in [6.45, 7) is 5.34. The second-order valence-electron chi connectivity index (χ2n) is 5.32. The van der Waals surface area contributed by atoms with E-state index >= 15 is 0 Å². The molecule has 0 aliphatic rings. The van der Waals surface area contributed by atoms with Crippen LogP contribution in [0.3, 0.4) is 0 Å². The fourth-order valence-corrected chi connectivity index (χ4v) is 2.46. The number of rotatable bonds is 7. The van der Waals surface area contributed by atoms with Gasteiger partial charge in [0.05, 0.1) is 17.9 Å². The Morgan fingerprint density at radius 2 is 2.20 bits per heavy atom. The Balaban J connectivity index is 2.03. The van der Waals surface area contributed by atoms with Crippen molar-refractivity contribution in [2.75, 3.05) is 6.54 Å². The van der Waals surface area contributed by atoms with E-state index in [1.807, 2.05) is 17.9 Å². The van der Waals surface area contributed by atoms with E-state index < -0.39 is 0 Å². The van der Waals surface area contributed by atoms with Crippen LogP contribution in [-0.2, 0) is 13.5 Å². The highest BCUT2D eigenvalue weighted by Crippen LogP contribution is 2.18. The molecular formula is C16H24N4. The smallest absolute Gasteiger partial charge is 0.0753 e. The largest absolute Gasteiger partial charge is 0.309 e. The molecule has 0 fully saturated rings. The van der Waals surface area contributed by atoms with Crippen LogP contribution in [0, 0.1) is 6.92 Å². The van der Waals surface area contributed by atoms with E-state index in [9.17, 15) is 0 Å². The van der Waals surface area contributed by atoms with Crippen LogP contribution in [0.4, 0.5) is 0 Å². The maximum Gasteiger partial charge on any atom is 0.0753 e. The predicted molar refractivity (Wildman–Crippen MR) is 81.5 cm³/mol. The lowest BCUT2D eigenvalue weighted by Gasteiger charge is -2.18. The number of nitrogens with zero attached hydrogens (tertiary/aromatic N) is 3. The van der Waals surface area contributed by atoms with Gasteiger partial charge in [0.2, 0.25) is 0 Å². The number of hydrogen-bond donors (Lipinski definition) is 1. The molecule has 2 aromatic rings. The van der Waals surface area contributed by atoms with Gasteiger partial charge in [0.1, 0.15) is 0 Å². The third-order valence-electron chi connectivity index (χ3n) is 3.55. The summed E-state index contributed by atoms with van der Waals surface area (Å²) in [5.74, 6) is 0. The fraction of sp³-hybridized carbons (Fsp3) is 0.500. The number of benzene rings is 1. The zero-order valence-corrected chi connectivity index (χ0v) is 12.6. The Bertz CT molecular complexity index is 533. The molecule has 0 saturated carbocycles. The van der Waals surface area contributed by atoms with E-state index in [0.717, 1.165) is 31.5 Å². The predicted octanol–water partition coefficient (Wildman–Crippen LogP) is 2.80. The summed E-state index contributed by atoms with van der Waals surface area (Å²) in [4.78, 5) is 0. The molecule has 108 valence electrons. The molecule has 4 nitrogen and oxygen atoms in total. The number of aromatic nitrogens is 3. The van der Waals surface area contributed by atoms with Crippen molar-refractivity contribution in [1.29, 1.82) is 0 Å². The SMILES string of the molecule is CCCNC(CCc1cccc(C)c1)c1cnnn1C. The van der Waals surface area contributed by atoms with Gasteiger partial charge in [-0.1, -0.05) is 42.0 Å². The molecule has 0 saturated heterocycles. The van der Waals surface area contributed by atoms with Crippen LogP contribution in [0.1, 0.15) is 42.6 Å². The molecule has 0 bridgehead atoms. The average molecular weight is 272 g/mol. The molecular weight excluding hydrogens is 248 g/mol. The molecule has 0 spiro atoms. The molecule has 0 radical (unpaired) electrons. The second kappa shape index (κ2) is 7.20. The zero-order valence-electron chi connectivity index (χ0n) is 12.6. The summed E-state index contributed by atoms with van der Waals surface area (Å²) in [6, 6.07) is 9.05. The molecule has 20 heavy (non-hydrogen) atoms. The minimum atomic E-state index is 0.315. The van der Waals surface area contributed by atoms with E-state index in [0.29, 0.717) is 6.04 Å². The van der Waals surface area contributed by atoms with Gasteiger partial charge in [-0.05, 0) is 38.3 Å². The van der Waals surface area contributed by atoms with Gasteiger partial charge in [-0.25, -0.2) is 0 Å². The number of aryl methyl sites for hydroxylation is 3. The first-order valence-corrected chi connectivity index (χ1v) is 7.34. The quantitative estimate of drug-likeness (QED) is 0.843. The molecule has 1 atom stereocenters. The highest BCUT2D eigenvalue weighted by molar-refractivity contribution is 5.22. The molecule has 1 aromatic heterocycles. The summed E-state index contributed by atoms with van der Waals surface area (Å²) >= 11 is 0. The van der Waals surface area contributed by atoms with Crippen LogP contribution in [0.15, 0.2) is 30.5 Å². The van der Waals surface area contributed by atoms with E-state index in [-0.39, 0.29) is 0 Å². The van der Waals surface area contributed by atoms with Gasteiger partial charge in [-0.3, -0.25) is 4.68 Å². The van der Waals surface area contributed by atoms with Crippen LogP contribution in [0.5, 0.6) is 0 Å². The highest BCUT2D eigenvalue weighted by Gasteiger charge is 2.14. The Hall–Kier alpha value is -1.68. The van der Waals surface area contributed by atoms with Crippen molar-refractivity contribution in [1.82, 2.24) is 20.3 Å². The summed E-state index contributed by atoms with van der Waals surface area (Å²) in [5, 5.41) is 11.6. The Labute approximate surface area is 121 Å². The lowest BCUT2D eigenvalue weighted by molar-refractivity contribution is 0.467. The molecule has 4 heteroatoms. The van der Waals surface area contributed by atoms with Crippen molar-refractivity contribution in [2.45, 2.75) is 39.2 Å². The van der Waals surface area contributed by atoms with Crippen LogP contribution in [0.25, 0.3) is 0 Å². The van der Waals surface area contributed by atoms with Gasteiger partial charge in [0.15, 0.2) is 0 Å². The number of hydrogen-bond acceptors (Lipinski definition) is 3. The van der Waals surface area contributed by atoms with Crippen molar-refractivity contribution in [3.05, 3.63) is 47.3 Å². The molecule has 1 unspecified atom stereocenters. The van der Waals surface area contributed by atoms with Crippen molar-refractivity contribution in [2.24, 2.45) is 7.05 Å². The zero-order chi connectivity index (χ0) is 14.4. The van der Waals surface area contributed by atoms with Gasteiger partial charge in [0, 0.05) is 7.05 Å². The summed E-state index contributed by atoms with van der Waals surface area (Å²) in [5.41, 5.74) is 3.87. The summed E-state index contributed by atoms with van der Waals surface area (Å²) in [7, 11) is 1.95. The lowest BCUT2D eigenvalue weighted by atomic mass is 10.0. The molecule has 1 aromatic carbocycles. The molecule has 1 heterocycles. The molecule has 0 aliphatic heterocycles. The highest BCUT2D eigenvalue weighted by atomic mass is 15.4. The maximum atomic E-state index is 4.04. The molecule has 1 N–H and O–H groups in total. The first kappa shape index (κ1) is 14.7. The number of nitrogens with one attached hydrogen (secondary N) is 1. The average Bonchev–Trinajstić information content (AvgIpc) is 2.85. The van der Waals surface area contributed by atoms with Crippen molar-refractivity contribution < 1.29 is 0 Å². The first-order chi connectivity index (χ1) is 9.70. The lowest BCUT2D eigenvalue weighted by Crippen LogP contribution is -2.24. The normalized spacial score (nSPS) is 12.6. The van der Waals surface area contributed by atoms with Crippen molar-refractivity contribution in [3.63, 3.8) is 0 Å². The Kier molecular flexibility index (Phi) is 5.30. The van der Waals surface area contributed by atoms with Gasteiger partial charge in [-0.2, -0.15) is 0 Å². The topological polar surface area (TPSA) is 42.7 Å². The van der Waals surface area contributed by atoms with E-state index in [2.05, 4.69) is 53.7 Å². The van der Waals surface area contributed by atoms with Crippen LogP contribution in [0.2, 0.25) is 0 Å². The van der Waals surface area contributed by atoms with E-state index in [4.69, 9.17) is 0 Å². The van der Waals surface area contributed by atoms with Crippen LogP contribution >= 0.6 is 0 Å². The Morgan fingerprint density at radius 1 is 1.35 bits per heavy atom. The standard InChI is InChI=1S/C16H24N4/c1-4-10-17-15(16-12-18-19-20(16)3)9-8-14-7-5-6-13(2)11-14/h5-7,11-12,15,17H,4,8-10H2,1-3H3. The van der Waals surface area contributed by atoms with Gasteiger partial charge >= 0.3 is 0 Å². The molecule has 0 amide bonds. The third kappa shape index (κ3) is 3.90. The second-order valence-corrected chi connectivity index (χ2v) is 5.32. The van der Waals surface area contributed by atoms with Crippen molar-refractivity contribution in [3.8, 4) is 0 Å². The monoisotopic (exact) mass is 272 g/mol. The summed E-state index contributed by atoms with van der Waals surface area (Å²) < 4.78 is 1.86. The third-order valence-corrected chi connectivity index (χ3v) is 3.55. The van der Waals surface area contributed by atoms with Crippen LogP contribution < -0.4 is 5.32 Å². The molecule has 0 aliphatic carbocycles. The fourth-order valence-electron chi connectivity index (χ4n) is 2.46. The Morgan fingerprint density at radius 3 is 2.85 bits per heavy atom. The summed E-state index contributed by atoms with van der Waals surface area (Å²) in [6.07, 6.45) is 5.12. The van der Waals surface area contributed by atoms with E-state index in [1.165, 1.54) is 11.1 Å². The minimum Gasteiger partial charge on any atom is -0.309 e. The molecule has 2 rings (SSSR count). The van der Waals surface area contributed by atoms with Gasteiger partial charge in [-0.15, -0.1) is 5.10 Å². The van der Waals surface area contributed by atoms with Crippen LogP contribution in [-0.4, -0.2) is 21.5 Å². The first-order valence-electron chi connectivity index (χ1n) is 7.34. The minimum absolute atomic E-state index is 0.315. The van der Waals surface area contributed by atoms with Gasteiger partial charge < -0.3 is 5.32 Å². The van der Waals surface area contributed by atoms with E-state index in [1.54, 1.807) is 0 Å². The maximum absolute atomic E-state index is 4.04. The van der Waals surface area contributed by atoms with Gasteiger partial charge in [0.25, 0.3) is 0 Å². The van der Waals surface area contributed by atoms with Crippen molar-refractivity contribution >= 4 is 0 Å².